The van der Waals surface area contributed by atoms with Crippen LogP contribution >= 0.6 is 0 Å². The van der Waals surface area contributed by atoms with Gasteiger partial charge in [-0.2, -0.15) is 0 Å². The number of carbonyl (C=O) groups excluding carboxylic acids is 1. The van der Waals surface area contributed by atoms with Crippen molar-refractivity contribution in [3.8, 4) is 5.75 Å². The lowest BCUT2D eigenvalue weighted by atomic mass is 9.84. The Morgan fingerprint density at radius 2 is 1.97 bits per heavy atom. The number of anilines is 1. The number of urea groups is 1. The lowest BCUT2D eigenvalue weighted by Crippen LogP contribution is -2.42. The first-order valence-electron chi connectivity index (χ1n) is 11.0. The molecule has 156 valence electrons. The van der Waals surface area contributed by atoms with Crippen molar-refractivity contribution in [3.63, 3.8) is 0 Å². The largest absolute Gasteiger partial charge is 0.492 e. The van der Waals surface area contributed by atoms with Gasteiger partial charge in [0.15, 0.2) is 0 Å². The zero-order valence-electron chi connectivity index (χ0n) is 17.6. The highest BCUT2D eigenvalue weighted by molar-refractivity contribution is 5.91. The van der Waals surface area contributed by atoms with Gasteiger partial charge < -0.3 is 19.5 Å². The molecule has 4 rings (SSSR count). The topological polar surface area (TPSA) is 59.4 Å². The molecule has 1 aliphatic heterocycles. The van der Waals surface area contributed by atoms with E-state index in [2.05, 4.69) is 16.8 Å². The molecule has 29 heavy (non-hydrogen) atoms. The van der Waals surface area contributed by atoms with Crippen LogP contribution in [0.3, 0.4) is 0 Å². The summed E-state index contributed by atoms with van der Waals surface area (Å²) < 4.78 is 8.05. The highest BCUT2D eigenvalue weighted by atomic mass is 16.5. The van der Waals surface area contributed by atoms with Crippen LogP contribution in [0, 0.1) is 12.8 Å². The summed E-state index contributed by atoms with van der Waals surface area (Å²) in [5.74, 6) is 3.25. The Labute approximate surface area is 173 Å². The number of piperidine rings is 1. The molecule has 1 aromatic heterocycles. The fourth-order valence-electron chi connectivity index (χ4n) is 4.33. The molecule has 6 heteroatoms. The minimum absolute atomic E-state index is 0.0374. The van der Waals surface area contributed by atoms with Crippen LogP contribution in [-0.2, 0) is 6.54 Å². The van der Waals surface area contributed by atoms with Crippen molar-refractivity contribution in [2.45, 2.75) is 58.4 Å². The van der Waals surface area contributed by atoms with E-state index in [0.29, 0.717) is 18.4 Å². The van der Waals surface area contributed by atoms with Crippen LogP contribution in [0.5, 0.6) is 5.75 Å². The van der Waals surface area contributed by atoms with Crippen LogP contribution in [0.25, 0.3) is 0 Å². The number of para-hydroxylation sites is 2. The third-order valence-corrected chi connectivity index (χ3v) is 6.33. The second-order valence-electron chi connectivity index (χ2n) is 8.29. The molecular formula is C23H32N4O2. The second kappa shape index (κ2) is 8.89. The molecule has 0 atom stereocenters. The second-order valence-corrected chi connectivity index (χ2v) is 8.29. The molecular weight excluding hydrogens is 364 g/mol. The molecule has 0 spiro atoms. The van der Waals surface area contributed by atoms with E-state index < -0.39 is 0 Å². The average Bonchev–Trinajstić information content (AvgIpc) is 3.03. The Morgan fingerprint density at radius 3 is 2.66 bits per heavy atom. The van der Waals surface area contributed by atoms with Gasteiger partial charge >= 0.3 is 6.03 Å². The van der Waals surface area contributed by atoms with Crippen molar-refractivity contribution in [2.75, 3.05) is 25.0 Å². The average molecular weight is 397 g/mol. The van der Waals surface area contributed by atoms with Gasteiger partial charge in [0.05, 0.1) is 12.3 Å². The molecule has 2 fully saturated rings. The molecule has 0 unspecified atom stereocenters. The summed E-state index contributed by atoms with van der Waals surface area (Å²) in [6, 6.07) is 7.57. The molecule has 1 aromatic carbocycles. The minimum Gasteiger partial charge on any atom is -0.492 e. The van der Waals surface area contributed by atoms with Gasteiger partial charge in [-0.3, -0.25) is 0 Å². The number of rotatable bonds is 6. The van der Waals surface area contributed by atoms with Gasteiger partial charge in [0, 0.05) is 37.4 Å². The van der Waals surface area contributed by atoms with Crippen molar-refractivity contribution in [2.24, 2.45) is 5.92 Å². The van der Waals surface area contributed by atoms with E-state index in [1.54, 1.807) is 0 Å². The number of benzene rings is 1. The van der Waals surface area contributed by atoms with Gasteiger partial charge in [0.2, 0.25) is 0 Å². The number of imidazole rings is 1. The number of aromatic nitrogens is 2. The first-order chi connectivity index (χ1) is 14.2. The Hall–Kier alpha value is -2.50. The maximum absolute atomic E-state index is 12.7. The molecule has 1 saturated carbocycles. The van der Waals surface area contributed by atoms with E-state index in [-0.39, 0.29) is 6.03 Å². The number of hydrogen-bond donors (Lipinski definition) is 1. The molecule has 1 aliphatic carbocycles. The molecule has 0 radical (unpaired) electrons. The third kappa shape index (κ3) is 4.41. The quantitative estimate of drug-likeness (QED) is 0.763. The van der Waals surface area contributed by atoms with Crippen LogP contribution in [0.2, 0.25) is 0 Å². The zero-order valence-corrected chi connectivity index (χ0v) is 17.6. The Balaban J connectivity index is 1.32. The summed E-state index contributed by atoms with van der Waals surface area (Å²) >= 11 is 0. The van der Waals surface area contributed by atoms with Gasteiger partial charge in [0.1, 0.15) is 11.6 Å². The van der Waals surface area contributed by atoms with E-state index in [9.17, 15) is 4.79 Å². The fourth-order valence-corrected chi connectivity index (χ4v) is 4.33. The Kier molecular flexibility index (Phi) is 6.07. The summed E-state index contributed by atoms with van der Waals surface area (Å²) in [5.41, 5.74) is 2.00. The summed E-state index contributed by atoms with van der Waals surface area (Å²) in [7, 11) is 0. The first kappa shape index (κ1) is 19.8. The van der Waals surface area contributed by atoms with Crippen molar-refractivity contribution in [1.29, 1.82) is 0 Å². The summed E-state index contributed by atoms with van der Waals surface area (Å²) in [4.78, 5) is 19.4. The number of ether oxygens (including phenoxy) is 1. The summed E-state index contributed by atoms with van der Waals surface area (Å²) in [6.45, 7) is 7.30. The maximum Gasteiger partial charge on any atom is 0.321 e. The number of likely N-dealkylation sites (tertiary alicyclic amines) is 1. The van der Waals surface area contributed by atoms with E-state index in [1.807, 2.05) is 42.3 Å². The minimum atomic E-state index is -0.0374. The Bertz CT molecular complexity index is 835. The first-order valence-corrected chi connectivity index (χ1v) is 11.0. The lowest BCUT2D eigenvalue weighted by Gasteiger charge is -2.33. The number of amides is 2. The molecule has 2 aliphatic rings. The summed E-state index contributed by atoms with van der Waals surface area (Å²) in [6.07, 6.45) is 7.96. The molecule has 6 nitrogen and oxygen atoms in total. The maximum atomic E-state index is 12.7. The SMILES string of the molecule is CCOc1ccccc1NC(=O)N1CCC(Cn2c(C)cnc2C2CCC2)CC1. The number of hydrogen-bond acceptors (Lipinski definition) is 3. The van der Waals surface area contributed by atoms with Crippen LogP contribution in [0.15, 0.2) is 30.5 Å². The van der Waals surface area contributed by atoms with Crippen molar-refractivity contribution >= 4 is 11.7 Å². The molecule has 2 aromatic rings. The van der Waals surface area contributed by atoms with Gasteiger partial charge in [0.25, 0.3) is 0 Å². The van der Waals surface area contributed by atoms with Crippen molar-refractivity contribution < 1.29 is 9.53 Å². The number of nitrogens with one attached hydrogen (secondary N) is 1. The van der Waals surface area contributed by atoms with Crippen LogP contribution in [-0.4, -0.2) is 40.2 Å². The van der Waals surface area contributed by atoms with E-state index in [1.165, 1.54) is 30.8 Å². The number of carbonyl (C=O) groups is 1. The predicted molar refractivity (Wildman–Crippen MR) is 114 cm³/mol. The third-order valence-electron chi connectivity index (χ3n) is 6.33. The standard InChI is InChI=1S/C23H32N4O2/c1-3-29-21-10-5-4-9-20(21)25-23(28)26-13-11-18(12-14-26)16-27-17(2)15-24-22(27)19-7-6-8-19/h4-5,9-10,15,18-19H,3,6-8,11-14,16H2,1-2H3,(H,25,28). The van der Waals surface area contributed by atoms with E-state index in [0.717, 1.165) is 43.9 Å². The monoisotopic (exact) mass is 396 g/mol. The highest BCUT2D eigenvalue weighted by Crippen LogP contribution is 2.36. The molecule has 2 heterocycles. The number of aryl methyl sites for hydroxylation is 1. The van der Waals surface area contributed by atoms with Crippen molar-refractivity contribution in [3.05, 3.63) is 42.0 Å². The molecule has 2 amide bonds. The van der Waals surface area contributed by atoms with Crippen molar-refractivity contribution in [1.82, 2.24) is 14.5 Å². The molecule has 1 N–H and O–H groups in total. The fraction of sp³-hybridized carbons (Fsp3) is 0.565. The van der Waals surface area contributed by atoms with Crippen LogP contribution in [0.4, 0.5) is 10.5 Å². The van der Waals surface area contributed by atoms with Gasteiger partial charge in [-0.25, -0.2) is 9.78 Å². The smallest absolute Gasteiger partial charge is 0.321 e. The molecule has 1 saturated heterocycles. The highest BCUT2D eigenvalue weighted by Gasteiger charge is 2.28. The Morgan fingerprint density at radius 1 is 1.21 bits per heavy atom. The van der Waals surface area contributed by atoms with Gasteiger partial charge in [-0.15, -0.1) is 0 Å². The lowest BCUT2D eigenvalue weighted by molar-refractivity contribution is 0.175. The van der Waals surface area contributed by atoms with Gasteiger partial charge in [-0.1, -0.05) is 18.6 Å². The van der Waals surface area contributed by atoms with E-state index in [4.69, 9.17) is 9.72 Å². The van der Waals surface area contributed by atoms with Gasteiger partial charge in [-0.05, 0) is 57.6 Å². The number of nitrogens with zero attached hydrogens (tertiary/aromatic N) is 3. The normalized spacial score (nSPS) is 17.8. The predicted octanol–water partition coefficient (Wildman–Crippen LogP) is 4.80. The zero-order chi connectivity index (χ0) is 20.2. The molecule has 0 bridgehead atoms. The summed E-state index contributed by atoms with van der Waals surface area (Å²) in [5, 5.41) is 3.02. The van der Waals surface area contributed by atoms with Crippen LogP contribution < -0.4 is 10.1 Å². The van der Waals surface area contributed by atoms with E-state index >= 15 is 0 Å². The van der Waals surface area contributed by atoms with Crippen LogP contribution in [0.1, 0.15) is 56.5 Å².